The van der Waals surface area contributed by atoms with Gasteiger partial charge in [0.15, 0.2) is 0 Å². The highest BCUT2D eigenvalue weighted by Crippen LogP contribution is 2.35. The number of hydrogen-bond acceptors (Lipinski definition) is 4. The van der Waals surface area contributed by atoms with Gasteiger partial charge in [-0.2, -0.15) is 0 Å². The van der Waals surface area contributed by atoms with Gasteiger partial charge < -0.3 is 15.4 Å². The Kier molecular flexibility index (Phi) is 5.74. The molecule has 2 rings (SSSR count). The molecule has 5 nitrogen and oxygen atoms in total. The van der Waals surface area contributed by atoms with E-state index >= 15 is 0 Å². The fraction of sp³-hybridized carbons (Fsp3) is 0.500. The third-order valence-corrected chi connectivity index (χ3v) is 4.62. The molecule has 0 radical (unpaired) electrons. The Morgan fingerprint density at radius 1 is 1.45 bits per heavy atom. The highest BCUT2D eigenvalue weighted by molar-refractivity contribution is 7.13. The summed E-state index contributed by atoms with van der Waals surface area (Å²) in [4.78, 5) is 16.4. The summed E-state index contributed by atoms with van der Waals surface area (Å²) in [5.41, 5.74) is 9.07. The normalized spacial score (nSPS) is 11.0. The number of aromatic nitrogens is 2. The van der Waals surface area contributed by atoms with Crippen LogP contribution in [0.1, 0.15) is 47.9 Å². The van der Waals surface area contributed by atoms with Crippen LogP contribution in [0, 0.1) is 6.92 Å². The van der Waals surface area contributed by atoms with E-state index in [1.807, 2.05) is 12.3 Å². The molecule has 0 bridgehead atoms. The third-order valence-electron chi connectivity index (χ3n) is 3.83. The average Bonchev–Trinajstić information content (AvgIpc) is 3.09. The first-order valence-corrected chi connectivity index (χ1v) is 8.52. The molecule has 2 aromatic rings. The molecule has 2 aromatic heterocycles. The number of amides is 1. The van der Waals surface area contributed by atoms with Gasteiger partial charge in [0.05, 0.1) is 5.56 Å². The van der Waals surface area contributed by atoms with Gasteiger partial charge in [0.2, 0.25) is 0 Å². The maximum absolute atomic E-state index is 12.0. The summed E-state index contributed by atoms with van der Waals surface area (Å²) >= 11 is 1.52. The highest BCUT2D eigenvalue weighted by atomic mass is 32.1. The van der Waals surface area contributed by atoms with Crippen LogP contribution in [0.2, 0.25) is 0 Å². The van der Waals surface area contributed by atoms with Gasteiger partial charge in [-0.25, -0.2) is 4.98 Å². The zero-order valence-electron chi connectivity index (χ0n) is 13.1. The minimum Gasteiger partial charge on any atom is -0.396 e. The lowest BCUT2D eigenvalue weighted by Crippen LogP contribution is -2.13. The summed E-state index contributed by atoms with van der Waals surface area (Å²) < 4.78 is 2.13. The van der Waals surface area contributed by atoms with Crippen LogP contribution in [-0.2, 0) is 13.0 Å². The zero-order chi connectivity index (χ0) is 16.1. The molecule has 0 atom stereocenters. The Hall–Kier alpha value is -1.66. The molecule has 1 amide bonds. The zero-order valence-corrected chi connectivity index (χ0v) is 13.9. The number of nitrogens with two attached hydrogens (primary N) is 1. The Morgan fingerprint density at radius 2 is 2.23 bits per heavy atom. The van der Waals surface area contributed by atoms with Crippen LogP contribution in [0.15, 0.2) is 11.6 Å². The number of nitrogens with zero attached hydrogens (tertiary/aromatic N) is 2. The fourth-order valence-electron chi connectivity index (χ4n) is 2.81. The van der Waals surface area contributed by atoms with Crippen molar-refractivity contribution in [2.24, 2.45) is 5.73 Å². The minimum atomic E-state index is -0.414. The number of carbonyl (C=O) groups is 1. The first-order chi connectivity index (χ1) is 10.6. The topological polar surface area (TPSA) is 81.1 Å². The average molecular weight is 321 g/mol. The van der Waals surface area contributed by atoms with Crippen LogP contribution >= 0.6 is 11.3 Å². The number of thiazole rings is 1. The van der Waals surface area contributed by atoms with E-state index in [1.165, 1.54) is 11.3 Å². The van der Waals surface area contributed by atoms with E-state index in [1.54, 1.807) is 6.20 Å². The second-order valence-corrected chi connectivity index (χ2v) is 6.21. The van der Waals surface area contributed by atoms with Gasteiger partial charge in [0.1, 0.15) is 5.01 Å². The second kappa shape index (κ2) is 7.56. The molecule has 0 aliphatic carbocycles. The number of carbonyl (C=O) groups excluding carboxylic acids is 1. The van der Waals surface area contributed by atoms with Gasteiger partial charge in [0, 0.05) is 41.7 Å². The molecule has 0 aliphatic rings. The largest absolute Gasteiger partial charge is 0.396 e. The summed E-state index contributed by atoms with van der Waals surface area (Å²) in [6.45, 7) is 4.88. The number of aliphatic hydroxyl groups excluding tert-OH is 1. The van der Waals surface area contributed by atoms with Crippen LogP contribution in [0.5, 0.6) is 0 Å². The molecule has 0 saturated carbocycles. The van der Waals surface area contributed by atoms with Crippen molar-refractivity contribution in [2.75, 3.05) is 6.61 Å². The van der Waals surface area contributed by atoms with Gasteiger partial charge in [0.25, 0.3) is 5.91 Å². The SMILES string of the molecule is CCCCc1c(-c2nccs2)c(C(N)=O)c(C)n1CCCO. The van der Waals surface area contributed by atoms with E-state index in [2.05, 4.69) is 16.5 Å². The van der Waals surface area contributed by atoms with Crippen molar-refractivity contribution in [2.45, 2.75) is 46.1 Å². The van der Waals surface area contributed by atoms with Gasteiger partial charge in [-0.15, -0.1) is 11.3 Å². The number of unbranched alkanes of at least 4 members (excludes halogenated alkanes) is 1. The highest BCUT2D eigenvalue weighted by Gasteiger charge is 2.25. The van der Waals surface area contributed by atoms with E-state index < -0.39 is 5.91 Å². The molecule has 120 valence electrons. The van der Waals surface area contributed by atoms with E-state index in [0.717, 1.165) is 41.2 Å². The van der Waals surface area contributed by atoms with E-state index in [0.29, 0.717) is 18.5 Å². The van der Waals surface area contributed by atoms with Crippen LogP contribution in [0.3, 0.4) is 0 Å². The molecule has 0 saturated heterocycles. The predicted molar refractivity (Wildman–Crippen MR) is 89.1 cm³/mol. The third kappa shape index (κ3) is 3.23. The fourth-order valence-corrected chi connectivity index (χ4v) is 3.52. The van der Waals surface area contributed by atoms with Gasteiger partial charge >= 0.3 is 0 Å². The summed E-state index contributed by atoms with van der Waals surface area (Å²) in [7, 11) is 0. The van der Waals surface area contributed by atoms with Crippen molar-refractivity contribution in [3.8, 4) is 10.6 Å². The van der Waals surface area contributed by atoms with Crippen molar-refractivity contribution in [1.82, 2.24) is 9.55 Å². The Balaban J connectivity index is 2.62. The summed E-state index contributed by atoms with van der Waals surface area (Å²) in [6.07, 6.45) is 5.40. The van der Waals surface area contributed by atoms with E-state index in [9.17, 15) is 4.79 Å². The van der Waals surface area contributed by atoms with Crippen LogP contribution in [0.25, 0.3) is 10.6 Å². The molecule has 2 heterocycles. The first-order valence-electron chi connectivity index (χ1n) is 7.64. The lowest BCUT2D eigenvalue weighted by Gasteiger charge is -2.11. The quantitative estimate of drug-likeness (QED) is 0.784. The number of rotatable bonds is 8. The smallest absolute Gasteiger partial charge is 0.251 e. The maximum Gasteiger partial charge on any atom is 0.251 e. The molecule has 0 spiro atoms. The molecule has 6 heteroatoms. The second-order valence-electron chi connectivity index (χ2n) is 5.32. The predicted octanol–water partition coefficient (Wildman–Crippen LogP) is 2.74. The molecular weight excluding hydrogens is 298 g/mol. The van der Waals surface area contributed by atoms with Crippen molar-refractivity contribution in [3.63, 3.8) is 0 Å². The molecular formula is C16H23N3O2S. The van der Waals surface area contributed by atoms with Crippen molar-refractivity contribution < 1.29 is 9.90 Å². The lowest BCUT2D eigenvalue weighted by atomic mass is 10.1. The molecule has 3 N–H and O–H groups in total. The Morgan fingerprint density at radius 3 is 2.77 bits per heavy atom. The van der Waals surface area contributed by atoms with Crippen LogP contribution in [0.4, 0.5) is 0 Å². The molecule has 0 aliphatic heterocycles. The van der Waals surface area contributed by atoms with Gasteiger partial charge in [-0.3, -0.25) is 4.79 Å². The van der Waals surface area contributed by atoms with Crippen LogP contribution in [-0.4, -0.2) is 27.2 Å². The monoisotopic (exact) mass is 321 g/mol. The standard InChI is InChI=1S/C16H23N3O2S/c1-3-4-6-12-14(16-18-7-10-22-16)13(15(17)21)11(2)19(12)8-5-9-20/h7,10,20H,3-6,8-9H2,1-2H3,(H2,17,21). The number of aliphatic hydroxyl groups is 1. The molecule has 0 fully saturated rings. The van der Waals surface area contributed by atoms with Crippen molar-refractivity contribution >= 4 is 17.2 Å². The first kappa shape index (κ1) is 16.7. The maximum atomic E-state index is 12.0. The molecule has 0 aromatic carbocycles. The van der Waals surface area contributed by atoms with Crippen LogP contribution < -0.4 is 5.73 Å². The van der Waals surface area contributed by atoms with Crippen molar-refractivity contribution in [1.29, 1.82) is 0 Å². The molecule has 22 heavy (non-hydrogen) atoms. The van der Waals surface area contributed by atoms with Gasteiger partial charge in [-0.05, 0) is 26.2 Å². The Labute approximate surface area is 134 Å². The summed E-state index contributed by atoms with van der Waals surface area (Å²) in [5.74, 6) is -0.414. The number of hydrogen-bond donors (Lipinski definition) is 2. The molecule has 0 unspecified atom stereocenters. The summed E-state index contributed by atoms with van der Waals surface area (Å²) in [5, 5.41) is 11.9. The summed E-state index contributed by atoms with van der Waals surface area (Å²) in [6, 6.07) is 0. The van der Waals surface area contributed by atoms with E-state index in [-0.39, 0.29) is 6.61 Å². The van der Waals surface area contributed by atoms with Crippen molar-refractivity contribution in [3.05, 3.63) is 28.5 Å². The number of primary amides is 1. The van der Waals surface area contributed by atoms with Gasteiger partial charge in [-0.1, -0.05) is 13.3 Å². The minimum absolute atomic E-state index is 0.128. The lowest BCUT2D eigenvalue weighted by molar-refractivity contribution is 0.1000. The van der Waals surface area contributed by atoms with E-state index in [4.69, 9.17) is 10.8 Å². The Bertz CT molecular complexity index is 632.